The molecule has 0 bridgehead atoms. The van der Waals surface area contributed by atoms with Crippen LogP contribution in [0.3, 0.4) is 0 Å². The Morgan fingerprint density at radius 2 is 0.639 bits per heavy atom. The molecule has 0 aliphatic rings. The van der Waals surface area contributed by atoms with Gasteiger partial charge >= 0.3 is 0 Å². The Balaban J connectivity index is 1.77. The van der Waals surface area contributed by atoms with Crippen LogP contribution in [0.5, 0.6) is 0 Å². The molecule has 36 heavy (non-hydrogen) atoms. The minimum atomic E-state index is 1.39. The smallest absolute Gasteiger partial charge is 0.0549 e. The molecule has 6 aromatic rings. The minimum Gasteiger partial charge on any atom is -0.145 e. The lowest BCUT2D eigenvalue weighted by Crippen LogP contribution is -1.80. The van der Waals surface area contributed by atoms with E-state index in [4.69, 9.17) is 0 Å². The quantitative estimate of drug-likeness (QED) is 0.194. The first-order chi connectivity index (χ1) is 17.1. The predicted octanol–water partition coefficient (Wildman–Crippen LogP) is 12.3. The zero-order chi connectivity index (χ0) is 25.5. The number of rotatable bonds is 4. The van der Waals surface area contributed by atoms with Crippen LogP contribution in [-0.2, 0) is 0 Å². The van der Waals surface area contributed by atoms with Crippen LogP contribution in [0.25, 0.3) is 52.5 Å². The lowest BCUT2D eigenvalue weighted by molar-refractivity contribution is 1.58. The average Bonchev–Trinajstić information content (AvgIpc) is 3.59. The molecular weight excluding hydrogens is 553 g/mol. The van der Waals surface area contributed by atoms with Crippen LogP contribution in [0.1, 0.15) is 39.0 Å². The molecule has 0 N–H and O–H groups in total. The van der Waals surface area contributed by atoms with Crippen LogP contribution in [0, 0.1) is 55.4 Å². The SMILES string of the molecule is Cc1cc(-c2sc3c(-c4cc(C)sc4C)c(-c4cc(C)sc4C)sc3c2-c2cc(C)sc2C)c(C)s1. The molecule has 0 radical (unpaired) electrons. The third-order valence-corrected chi connectivity index (χ3v) is 13.2. The number of hydrogen-bond donors (Lipinski definition) is 0. The van der Waals surface area contributed by atoms with Crippen molar-refractivity contribution in [1.82, 2.24) is 0 Å². The van der Waals surface area contributed by atoms with Gasteiger partial charge in [-0.15, -0.1) is 68.0 Å². The van der Waals surface area contributed by atoms with E-state index in [2.05, 4.69) is 79.7 Å². The highest BCUT2D eigenvalue weighted by Crippen LogP contribution is 2.58. The lowest BCUT2D eigenvalue weighted by atomic mass is 10.00. The summed E-state index contributed by atoms with van der Waals surface area (Å²) >= 11 is 11.7. The monoisotopic (exact) mass is 580 g/mol. The molecule has 0 saturated carbocycles. The van der Waals surface area contributed by atoms with E-state index in [0.29, 0.717) is 0 Å². The Kier molecular flexibility index (Phi) is 6.22. The Morgan fingerprint density at radius 1 is 0.361 bits per heavy atom. The number of thiophene rings is 6. The average molecular weight is 581 g/mol. The van der Waals surface area contributed by atoms with Crippen LogP contribution in [-0.4, -0.2) is 0 Å². The van der Waals surface area contributed by atoms with Gasteiger partial charge in [-0.05, 0) is 90.8 Å². The van der Waals surface area contributed by atoms with Gasteiger partial charge in [-0.1, -0.05) is 0 Å². The molecular formula is C30H28S6. The van der Waals surface area contributed by atoms with Crippen molar-refractivity contribution >= 4 is 77.4 Å². The van der Waals surface area contributed by atoms with Gasteiger partial charge in [-0.3, -0.25) is 0 Å². The number of fused-ring (bicyclic) bond motifs is 1. The Labute approximate surface area is 237 Å². The van der Waals surface area contributed by atoms with Crippen molar-refractivity contribution in [2.24, 2.45) is 0 Å². The number of hydrogen-bond acceptors (Lipinski definition) is 6. The normalized spacial score (nSPS) is 11.9. The molecule has 0 nitrogen and oxygen atoms in total. The highest BCUT2D eigenvalue weighted by Gasteiger charge is 2.28. The molecule has 0 aliphatic carbocycles. The van der Waals surface area contributed by atoms with Gasteiger partial charge in [-0.2, -0.15) is 0 Å². The van der Waals surface area contributed by atoms with Crippen LogP contribution < -0.4 is 0 Å². The third kappa shape index (κ3) is 3.93. The summed E-state index contributed by atoms with van der Waals surface area (Å²) in [6.45, 7) is 18.1. The molecule has 6 rings (SSSR count). The molecule has 184 valence electrons. The van der Waals surface area contributed by atoms with Crippen molar-refractivity contribution in [3.8, 4) is 43.1 Å². The Bertz CT molecular complexity index is 1640. The molecule has 6 aromatic heterocycles. The summed E-state index contributed by atoms with van der Waals surface area (Å²) in [6, 6.07) is 9.64. The van der Waals surface area contributed by atoms with Gasteiger partial charge < -0.3 is 0 Å². The van der Waals surface area contributed by atoms with Crippen molar-refractivity contribution in [3.05, 3.63) is 63.3 Å². The third-order valence-electron chi connectivity index (χ3n) is 6.71. The van der Waals surface area contributed by atoms with Gasteiger partial charge in [0.25, 0.3) is 0 Å². The summed E-state index contributed by atoms with van der Waals surface area (Å²) in [5.41, 5.74) is 8.55. The standard InChI is InChI=1S/C30H28S6/c1-13-9-21(17(5)31-13)25-27(23-11-15(3)33-19(23)7)35-30-26(22-10-14(2)32-18(22)6)28(36-29(25)30)24-12-16(4)34-20(24)8/h9-12H,1-8H3. The topological polar surface area (TPSA) is 0 Å². The van der Waals surface area contributed by atoms with Gasteiger partial charge in [-0.25, -0.2) is 0 Å². The van der Waals surface area contributed by atoms with Gasteiger partial charge in [0, 0.05) is 71.0 Å². The second kappa shape index (κ2) is 9.04. The van der Waals surface area contributed by atoms with E-state index in [0.717, 1.165) is 0 Å². The molecule has 0 aromatic carbocycles. The van der Waals surface area contributed by atoms with E-state index >= 15 is 0 Å². The Hall–Kier alpha value is -1.54. The van der Waals surface area contributed by atoms with Crippen molar-refractivity contribution in [2.75, 3.05) is 0 Å². The summed E-state index contributed by atoms with van der Waals surface area (Å²) in [4.78, 5) is 14.1. The first-order valence-corrected chi connectivity index (χ1v) is 16.9. The molecule has 0 atom stereocenters. The van der Waals surface area contributed by atoms with Crippen molar-refractivity contribution in [2.45, 2.75) is 55.4 Å². The van der Waals surface area contributed by atoms with E-state index < -0.39 is 0 Å². The molecule has 0 saturated heterocycles. The van der Waals surface area contributed by atoms with E-state index in [1.165, 1.54) is 91.6 Å². The second-order valence-corrected chi connectivity index (χ2v) is 17.5. The molecule has 0 aliphatic heterocycles. The maximum Gasteiger partial charge on any atom is 0.0549 e. The van der Waals surface area contributed by atoms with Gasteiger partial charge in [0.05, 0.1) is 9.40 Å². The fourth-order valence-electron chi connectivity index (χ4n) is 5.27. The molecule has 6 heterocycles. The summed E-state index contributed by atoms with van der Waals surface area (Å²) in [5.74, 6) is 0. The molecule has 0 unspecified atom stereocenters. The fourth-order valence-corrected chi connectivity index (χ4v) is 12.2. The zero-order valence-electron chi connectivity index (χ0n) is 21.8. The summed E-state index contributed by atoms with van der Waals surface area (Å²) < 4.78 is 2.91. The highest BCUT2D eigenvalue weighted by molar-refractivity contribution is 7.33. The van der Waals surface area contributed by atoms with E-state index in [1.807, 2.05) is 68.0 Å². The first kappa shape index (κ1) is 24.8. The maximum atomic E-state index is 2.42. The van der Waals surface area contributed by atoms with Gasteiger partial charge in [0.2, 0.25) is 0 Å². The minimum absolute atomic E-state index is 1.39. The molecule has 6 heteroatoms. The molecule has 0 fully saturated rings. The van der Waals surface area contributed by atoms with Crippen LogP contribution in [0.2, 0.25) is 0 Å². The van der Waals surface area contributed by atoms with Crippen molar-refractivity contribution in [1.29, 1.82) is 0 Å². The largest absolute Gasteiger partial charge is 0.145 e. The highest BCUT2D eigenvalue weighted by atomic mass is 32.1. The van der Waals surface area contributed by atoms with E-state index in [1.54, 1.807) is 0 Å². The zero-order valence-corrected chi connectivity index (χ0v) is 26.7. The first-order valence-electron chi connectivity index (χ1n) is 12.0. The van der Waals surface area contributed by atoms with Crippen LogP contribution >= 0.6 is 68.0 Å². The maximum absolute atomic E-state index is 2.42. The summed E-state index contributed by atoms with van der Waals surface area (Å²) in [6.07, 6.45) is 0. The van der Waals surface area contributed by atoms with Gasteiger partial charge in [0.15, 0.2) is 0 Å². The van der Waals surface area contributed by atoms with Crippen molar-refractivity contribution in [3.63, 3.8) is 0 Å². The van der Waals surface area contributed by atoms with E-state index in [9.17, 15) is 0 Å². The molecule has 0 amide bonds. The predicted molar refractivity (Wildman–Crippen MR) is 171 cm³/mol. The Morgan fingerprint density at radius 3 is 0.889 bits per heavy atom. The van der Waals surface area contributed by atoms with Gasteiger partial charge in [0.1, 0.15) is 0 Å². The van der Waals surface area contributed by atoms with Crippen molar-refractivity contribution < 1.29 is 0 Å². The van der Waals surface area contributed by atoms with Crippen LogP contribution in [0.15, 0.2) is 24.3 Å². The lowest BCUT2D eigenvalue weighted by Gasteiger charge is -2.06. The second-order valence-electron chi connectivity index (χ2n) is 9.58. The van der Waals surface area contributed by atoms with Crippen LogP contribution in [0.4, 0.5) is 0 Å². The number of aryl methyl sites for hydroxylation is 8. The summed E-state index contributed by atoms with van der Waals surface area (Å²) in [7, 11) is 0. The summed E-state index contributed by atoms with van der Waals surface area (Å²) in [5, 5.41) is 0. The van der Waals surface area contributed by atoms with E-state index in [-0.39, 0.29) is 0 Å². The fraction of sp³-hybridized carbons (Fsp3) is 0.267. The molecule has 0 spiro atoms.